The van der Waals surface area contributed by atoms with Crippen LogP contribution in [0.1, 0.15) is 54.3 Å². The fourth-order valence-electron chi connectivity index (χ4n) is 4.05. The molecule has 0 aliphatic heterocycles. The molecule has 0 spiro atoms. The van der Waals surface area contributed by atoms with Crippen LogP contribution in [0.4, 0.5) is 0 Å². The van der Waals surface area contributed by atoms with Crippen molar-refractivity contribution in [2.45, 2.75) is 39.2 Å². The summed E-state index contributed by atoms with van der Waals surface area (Å²) in [5, 5.41) is 12.9. The SMILES string of the molecule is CC(CCCc1nc2cc(C(=O)N[C@H](C)c3ccc(Cl)cc3)ccc2nc1-c1ccccc1)C(=O)O. The Morgan fingerprint density at radius 3 is 2.36 bits per heavy atom. The van der Waals surface area contributed by atoms with Crippen molar-refractivity contribution in [3.05, 3.63) is 94.6 Å². The molecule has 0 saturated heterocycles. The van der Waals surface area contributed by atoms with E-state index < -0.39 is 11.9 Å². The molecule has 0 radical (unpaired) electrons. The van der Waals surface area contributed by atoms with Gasteiger partial charge in [-0.05, 0) is 62.1 Å². The number of carboxylic acids is 1. The average molecular weight is 502 g/mol. The molecule has 0 saturated carbocycles. The van der Waals surface area contributed by atoms with E-state index in [1.807, 2.05) is 55.5 Å². The second-order valence-corrected chi connectivity index (χ2v) is 9.40. The van der Waals surface area contributed by atoms with E-state index in [4.69, 9.17) is 21.6 Å². The van der Waals surface area contributed by atoms with Gasteiger partial charge in [0.1, 0.15) is 0 Å². The number of carbonyl (C=O) groups excluding carboxylic acids is 1. The van der Waals surface area contributed by atoms with Gasteiger partial charge in [-0.25, -0.2) is 9.97 Å². The first-order chi connectivity index (χ1) is 17.3. The molecule has 2 N–H and O–H groups in total. The molecule has 1 aromatic heterocycles. The van der Waals surface area contributed by atoms with Crippen LogP contribution < -0.4 is 5.32 Å². The third kappa shape index (κ3) is 6.07. The summed E-state index contributed by atoms with van der Waals surface area (Å²) < 4.78 is 0. The third-order valence-electron chi connectivity index (χ3n) is 6.24. The molecule has 0 fully saturated rings. The maximum Gasteiger partial charge on any atom is 0.306 e. The Kier molecular flexibility index (Phi) is 7.96. The Labute approximate surface area is 215 Å². The summed E-state index contributed by atoms with van der Waals surface area (Å²) >= 11 is 5.97. The summed E-state index contributed by atoms with van der Waals surface area (Å²) in [7, 11) is 0. The minimum atomic E-state index is -0.800. The maximum absolute atomic E-state index is 13.0. The van der Waals surface area contributed by atoms with Crippen molar-refractivity contribution in [3.8, 4) is 11.3 Å². The first-order valence-electron chi connectivity index (χ1n) is 12.0. The van der Waals surface area contributed by atoms with Crippen molar-refractivity contribution in [1.29, 1.82) is 0 Å². The van der Waals surface area contributed by atoms with E-state index in [9.17, 15) is 14.7 Å². The van der Waals surface area contributed by atoms with Gasteiger partial charge < -0.3 is 10.4 Å². The van der Waals surface area contributed by atoms with Gasteiger partial charge in [0.25, 0.3) is 5.91 Å². The minimum absolute atomic E-state index is 0.191. The zero-order valence-corrected chi connectivity index (χ0v) is 21.0. The van der Waals surface area contributed by atoms with E-state index in [0.29, 0.717) is 40.9 Å². The highest BCUT2D eigenvalue weighted by atomic mass is 35.5. The van der Waals surface area contributed by atoms with Crippen LogP contribution in [-0.4, -0.2) is 27.0 Å². The van der Waals surface area contributed by atoms with Gasteiger partial charge in [0, 0.05) is 16.1 Å². The second kappa shape index (κ2) is 11.3. The number of carbonyl (C=O) groups is 2. The molecule has 3 aromatic carbocycles. The molecule has 1 amide bonds. The fourth-order valence-corrected chi connectivity index (χ4v) is 4.17. The first-order valence-corrected chi connectivity index (χ1v) is 12.3. The van der Waals surface area contributed by atoms with Gasteiger partial charge >= 0.3 is 5.97 Å². The summed E-state index contributed by atoms with van der Waals surface area (Å²) in [6.45, 7) is 3.63. The second-order valence-electron chi connectivity index (χ2n) is 8.97. The quantitative estimate of drug-likeness (QED) is 0.273. The monoisotopic (exact) mass is 501 g/mol. The molecular formula is C29H28ClN3O3. The highest BCUT2D eigenvalue weighted by molar-refractivity contribution is 6.30. The molecule has 0 bridgehead atoms. The van der Waals surface area contributed by atoms with E-state index in [2.05, 4.69) is 5.32 Å². The van der Waals surface area contributed by atoms with Crippen LogP contribution in [0.15, 0.2) is 72.8 Å². The van der Waals surface area contributed by atoms with Crippen LogP contribution in [0.3, 0.4) is 0 Å². The third-order valence-corrected chi connectivity index (χ3v) is 6.49. The van der Waals surface area contributed by atoms with Gasteiger partial charge in [0.2, 0.25) is 0 Å². The fraction of sp³-hybridized carbons (Fsp3) is 0.241. The van der Waals surface area contributed by atoms with Gasteiger partial charge in [-0.3, -0.25) is 9.59 Å². The predicted molar refractivity (Wildman–Crippen MR) is 142 cm³/mol. The molecule has 4 aromatic rings. The van der Waals surface area contributed by atoms with Gasteiger partial charge in [-0.1, -0.05) is 61.0 Å². The van der Waals surface area contributed by atoms with Crippen LogP contribution in [-0.2, 0) is 11.2 Å². The predicted octanol–water partition coefficient (Wildman–Crippen LogP) is 6.48. The number of nitrogens with zero attached hydrogens (tertiary/aromatic N) is 2. The number of amides is 1. The van der Waals surface area contributed by atoms with Crippen LogP contribution in [0.5, 0.6) is 0 Å². The molecular weight excluding hydrogens is 474 g/mol. The van der Waals surface area contributed by atoms with Crippen molar-refractivity contribution in [1.82, 2.24) is 15.3 Å². The van der Waals surface area contributed by atoms with Gasteiger partial charge in [0.15, 0.2) is 0 Å². The molecule has 4 rings (SSSR count). The minimum Gasteiger partial charge on any atom is -0.481 e. The zero-order chi connectivity index (χ0) is 25.7. The number of aliphatic carboxylic acids is 1. The molecule has 36 heavy (non-hydrogen) atoms. The molecule has 184 valence electrons. The number of carboxylic acid groups (broad SMARTS) is 1. The van der Waals surface area contributed by atoms with Gasteiger partial charge in [-0.2, -0.15) is 0 Å². The Morgan fingerprint density at radius 1 is 0.944 bits per heavy atom. The standard InChI is InChI=1S/C29H28ClN3O3/c1-18(29(35)36)7-6-10-25-27(21-8-4-3-5-9-21)33-24-16-13-22(17-26(24)32-25)28(34)31-19(2)20-11-14-23(30)15-12-20/h3-5,8-9,11-19H,6-7,10H2,1-2H3,(H,31,34)(H,35,36)/t18?,19-/m1/s1. The maximum atomic E-state index is 13.0. The van der Waals surface area contributed by atoms with Crippen molar-refractivity contribution >= 4 is 34.5 Å². The lowest BCUT2D eigenvalue weighted by atomic mass is 10.0. The lowest BCUT2D eigenvalue weighted by Gasteiger charge is -2.15. The molecule has 6 nitrogen and oxygen atoms in total. The number of hydrogen-bond acceptors (Lipinski definition) is 4. The van der Waals surface area contributed by atoms with E-state index in [-0.39, 0.29) is 11.9 Å². The van der Waals surface area contributed by atoms with E-state index >= 15 is 0 Å². The number of fused-ring (bicyclic) bond motifs is 1. The molecule has 7 heteroatoms. The largest absolute Gasteiger partial charge is 0.481 e. The van der Waals surface area contributed by atoms with Gasteiger partial charge in [0.05, 0.1) is 34.4 Å². The number of aryl methyl sites for hydroxylation is 1. The number of aromatic nitrogens is 2. The topological polar surface area (TPSA) is 92.2 Å². The van der Waals surface area contributed by atoms with Crippen molar-refractivity contribution in [3.63, 3.8) is 0 Å². The number of benzene rings is 3. The first kappa shape index (κ1) is 25.3. The number of nitrogens with one attached hydrogen (secondary N) is 1. The van der Waals surface area contributed by atoms with Crippen molar-refractivity contribution in [2.24, 2.45) is 5.92 Å². The molecule has 1 heterocycles. The van der Waals surface area contributed by atoms with Crippen LogP contribution in [0.2, 0.25) is 5.02 Å². The smallest absolute Gasteiger partial charge is 0.306 e. The van der Waals surface area contributed by atoms with Crippen LogP contribution >= 0.6 is 11.6 Å². The lowest BCUT2D eigenvalue weighted by Crippen LogP contribution is -2.26. The molecule has 0 aliphatic carbocycles. The van der Waals surface area contributed by atoms with Crippen LogP contribution in [0, 0.1) is 5.92 Å². The summed E-state index contributed by atoms with van der Waals surface area (Å²) in [6, 6.07) is 22.3. The Hall–Kier alpha value is -3.77. The molecule has 0 aliphatic rings. The van der Waals surface area contributed by atoms with E-state index in [0.717, 1.165) is 22.5 Å². The molecule has 2 atom stereocenters. The summed E-state index contributed by atoms with van der Waals surface area (Å²) in [5.74, 6) is -1.42. The highest BCUT2D eigenvalue weighted by Crippen LogP contribution is 2.26. The Bertz CT molecular complexity index is 1370. The number of rotatable bonds is 9. The summed E-state index contributed by atoms with van der Waals surface area (Å²) in [5.41, 5.74) is 5.29. The van der Waals surface area contributed by atoms with E-state index in [1.54, 1.807) is 31.2 Å². The van der Waals surface area contributed by atoms with Crippen molar-refractivity contribution < 1.29 is 14.7 Å². The normalized spacial score (nSPS) is 12.8. The summed E-state index contributed by atoms with van der Waals surface area (Å²) in [6.07, 6.45) is 1.81. The van der Waals surface area contributed by atoms with Crippen LogP contribution in [0.25, 0.3) is 22.3 Å². The zero-order valence-electron chi connectivity index (χ0n) is 20.2. The van der Waals surface area contributed by atoms with E-state index in [1.165, 1.54) is 0 Å². The Morgan fingerprint density at radius 2 is 1.67 bits per heavy atom. The summed E-state index contributed by atoms with van der Waals surface area (Å²) in [4.78, 5) is 33.9. The number of halogens is 1. The van der Waals surface area contributed by atoms with Gasteiger partial charge in [-0.15, -0.1) is 0 Å². The Balaban J connectivity index is 1.61. The molecule has 1 unspecified atom stereocenters. The number of hydrogen-bond donors (Lipinski definition) is 2. The highest BCUT2D eigenvalue weighted by Gasteiger charge is 2.16. The average Bonchev–Trinajstić information content (AvgIpc) is 2.88. The van der Waals surface area contributed by atoms with Crippen molar-refractivity contribution in [2.75, 3.05) is 0 Å². The lowest BCUT2D eigenvalue weighted by molar-refractivity contribution is -0.141.